The number of rotatable bonds is 40. The van der Waals surface area contributed by atoms with Crippen molar-refractivity contribution in [2.45, 2.75) is 200 Å². The standard InChI is InChI=1S/C43H84N2O4/c1-3-5-7-9-11-13-15-17-19-21-23-25-27-29-31-33-37-48-39-35-45(43(47)42(44)41-46)36-40-49-38-34-32-30-28-26-24-22-20-18-16-14-12-10-8-6-4-2/h17-20,42,46H,3-16,21-41,44H2,1-2H3/q+1/b19-17-,20-18-/t42-/m0/s1. The Labute approximate surface area is 305 Å². The van der Waals surface area contributed by atoms with Gasteiger partial charge in [0, 0.05) is 13.2 Å². The molecule has 0 rings (SSSR count). The Hall–Kier alpha value is -1.05. The van der Waals surface area contributed by atoms with Crippen molar-refractivity contribution in [3.8, 4) is 0 Å². The van der Waals surface area contributed by atoms with Gasteiger partial charge in [0.2, 0.25) is 0 Å². The summed E-state index contributed by atoms with van der Waals surface area (Å²) in [5.74, 6) is -0.232. The average Bonchev–Trinajstić information content (AvgIpc) is 3.11. The molecule has 6 heteroatoms. The summed E-state index contributed by atoms with van der Waals surface area (Å²) in [6.07, 6.45) is 45.8. The Morgan fingerprint density at radius 2 is 0.816 bits per heavy atom. The number of ether oxygens (including phenoxy) is 2. The summed E-state index contributed by atoms with van der Waals surface area (Å²) in [5, 5.41) is 9.38. The third-order valence-electron chi connectivity index (χ3n) is 9.44. The van der Waals surface area contributed by atoms with E-state index in [-0.39, 0.29) is 12.5 Å². The largest absolute Gasteiger partial charge is 0.394 e. The topological polar surface area (TPSA) is 87.7 Å². The second-order valence-corrected chi connectivity index (χ2v) is 14.2. The molecule has 0 aliphatic carbocycles. The summed E-state index contributed by atoms with van der Waals surface area (Å²) in [5.41, 5.74) is 5.84. The van der Waals surface area contributed by atoms with Crippen LogP contribution in [-0.2, 0) is 14.3 Å². The van der Waals surface area contributed by atoms with Crippen molar-refractivity contribution in [3.63, 3.8) is 0 Å². The summed E-state index contributed by atoms with van der Waals surface area (Å²) in [6.45, 7) is 7.60. The molecule has 0 heterocycles. The van der Waals surface area contributed by atoms with Gasteiger partial charge < -0.3 is 20.3 Å². The predicted octanol–water partition coefficient (Wildman–Crippen LogP) is 11.1. The van der Waals surface area contributed by atoms with Gasteiger partial charge in [0.1, 0.15) is 19.3 Å². The molecule has 0 aliphatic heterocycles. The number of unbranched alkanes of at least 4 members (excludes halogenated alkanes) is 24. The van der Waals surface area contributed by atoms with E-state index in [1.807, 2.05) is 0 Å². The van der Waals surface area contributed by atoms with Gasteiger partial charge in [0.05, 0.1) is 6.61 Å². The minimum Gasteiger partial charge on any atom is -0.394 e. The van der Waals surface area contributed by atoms with Gasteiger partial charge in [-0.15, -0.1) is 0 Å². The van der Waals surface area contributed by atoms with Gasteiger partial charge in [0.25, 0.3) is 0 Å². The molecular weight excluding hydrogens is 608 g/mol. The number of hydrogen-bond acceptors (Lipinski definition) is 5. The molecule has 1 radical (unpaired) electrons. The zero-order valence-corrected chi connectivity index (χ0v) is 32.8. The van der Waals surface area contributed by atoms with E-state index < -0.39 is 6.04 Å². The van der Waals surface area contributed by atoms with Crippen LogP contribution >= 0.6 is 0 Å². The summed E-state index contributed by atoms with van der Waals surface area (Å²) in [4.78, 5) is 14.3. The Morgan fingerprint density at radius 1 is 0.510 bits per heavy atom. The van der Waals surface area contributed by atoms with E-state index in [0.717, 1.165) is 26.1 Å². The molecular formula is C43H84N2O4+. The Kier molecular flexibility index (Phi) is 40.5. The van der Waals surface area contributed by atoms with Crippen molar-refractivity contribution in [1.29, 1.82) is 0 Å². The number of allylic oxidation sites excluding steroid dienone is 4. The molecule has 0 aromatic carbocycles. The van der Waals surface area contributed by atoms with E-state index in [0.29, 0.717) is 26.3 Å². The van der Waals surface area contributed by atoms with Crippen LogP contribution in [0.1, 0.15) is 194 Å². The lowest BCUT2D eigenvalue weighted by atomic mass is 10.1. The van der Waals surface area contributed by atoms with Crippen LogP contribution in [0.15, 0.2) is 24.3 Å². The highest BCUT2D eigenvalue weighted by Gasteiger charge is 2.31. The quantitative estimate of drug-likeness (QED) is 0.0379. The zero-order chi connectivity index (χ0) is 35.7. The third-order valence-corrected chi connectivity index (χ3v) is 9.44. The molecule has 3 N–H and O–H groups in total. The van der Waals surface area contributed by atoms with Gasteiger partial charge in [-0.05, 0) is 64.2 Å². The van der Waals surface area contributed by atoms with Crippen LogP contribution in [0.5, 0.6) is 0 Å². The van der Waals surface area contributed by atoms with E-state index in [2.05, 4.69) is 38.2 Å². The monoisotopic (exact) mass is 693 g/mol. The van der Waals surface area contributed by atoms with Crippen molar-refractivity contribution in [2.75, 3.05) is 46.1 Å². The Balaban J connectivity index is 3.70. The second kappa shape index (κ2) is 41.4. The molecule has 0 unspecified atom stereocenters. The van der Waals surface area contributed by atoms with Crippen LogP contribution in [0.25, 0.3) is 0 Å². The molecule has 1 atom stereocenters. The second-order valence-electron chi connectivity index (χ2n) is 14.2. The maximum Gasteiger partial charge on any atom is 0.380 e. The molecule has 0 spiro atoms. The van der Waals surface area contributed by atoms with Crippen LogP contribution < -0.4 is 10.6 Å². The highest BCUT2D eigenvalue weighted by Crippen LogP contribution is 2.12. The number of aliphatic hydroxyl groups excluding tert-OH is 1. The average molecular weight is 693 g/mol. The maximum atomic E-state index is 12.6. The summed E-state index contributed by atoms with van der Waals surface area (Å²) in [6, 6.07) is -0.883. The van der Waals surface area contributed by atoms with Crippen molar-refractivity contribution in [2.24, 2.45) is 5.73 Å². The molecule has 49 heavy (non-hydrogen) atoms. The van der Waals surface area contributed by atoms with E-state index in [1.165, 1.54) is 167 Å². The van der Waals surface area contributed by atoms with E-state index in [9.17, 15) is 9.90 Å². The third kappa shape index (κ3) is 36.5. The number of nitrogens with two attached hydrogens (primary N) is 1. The fourth-order valence-electron chi connectivity index (χ4n) is 6.10. The van der Waals surface area contributed by atoms with E-state index in [4.69, 9.17) is 15.2 Å². The number of carbonyl (C=O) groups is 1. The first-order valence-corrected chi connectivity index (χ1v) is 21.3. The minimum atomic E-state index is -0.883. The van der Waals surface area contributed by atoms with Crippen LogP contribution in [-0.4, -0.2) is 63.2 Å². The number of aliphatic hydroxyl groups is 1. The predicted molar refractivity (Wildman–Crippen MR) is 212 cm³/mol. The molecule has 6 nitrogen and oxygen atoms in total. The van der Waals surface area contributed by atoms with Gasteiger partial charge >= 0.3 is 5.91 Å². The molecule has 0 bridgehead atoms. The molecule has 0 aliphatic rings. The van der Waals surface area contributed by atoms with Gasteiger partial charge in [-0.2, -0.15) is 0 Å². The molecule has 0 aromatic heterocycles. The number of nitrogens with zero attached hydrogens (tertiary/aromatic N) is 1. The van der Waals surface area contributed by atoms with Crippen LogP contribution in [0.4, 0.5) is 0 Å². The highest BCUT2D eigenvalue weighted by atomic mass is 16.5. The molecule has 0 fully saturated rings. The smallest absolute Gasteiger partial charge is 0.380 e. The molecule has 0 saturated carbocycles. The summed E-state index contributed by atoms with van der Waals surface area (Å²) in [7, 11) is 0. The molecule has 289 valence electrons. The number of hydrogen-bond donors (Lipinski definition) is 2. The van der Waals surface area contributed by atoms with Gasteiger partial charge in [-0.3, -0.25) is 0 Å². The van der Waals surface area contributed by atoms with Gasteiger partial charge in [-0.1, -0.05) is 159 Å². The first-order chi connectivity index (χ1) is 24.2. The van der Waals surface area contributed by atoms with Crippen molar-refractivity contribution in [3.05, 3.63) is 24.3 Å². The summed E-state index contributed by atoms with van der Waals surface area (Å²) >= 11 is 0. The highest BCUT2D eigenvalue weighted by molar-refractivity contribution is 5.84. The fraction of sp³-hybridized carbons (Fsp3) is 0.884. The van der Waals surface area contributed by atoms with Crippen molar-refractivity contribution in [1.82, 2.24) is 4.90 Å². The first-order valence-electron chi connectivity index (χ1n) is 21.3. The van der Waals surface area contributed by atoms with Gasteiger partial charge in [-0.25, -0.2) is 4.79 Å². The molecule has 1 amide bonds. The van der Waals surface area contributed by atoms with Gasteiger partial charge in [0.15, 0.2) is 13.1 Å². The van der Waals surface area contributed by atoms with Crippen molar-refractivity contribution >= 4 is 5.91 Å². The lowest BCUT2D eigenvalue weighted by Crippen LogP contribution is -2.51. The van der Waals surface area contributed by atoms with Crippen LogP contribution in [0.3, 0.4) is 0 Å². The SMILES string of the molecule is CCCCCCCC/C=C\CCCCCCCCOCC[N+](CCOCCCCCCCC/C=C\CCCCCCCC)C(=O)[C@@H](N)CO. The molecule has 0 aromatic rings. The lowest BCUT2D eigenvalue weighted by Gasteiger charge is -2.14. The Bertz CT molecular complexity index is 666. The number of amides is 1. The normalized spacial score (nSPS) is 12.7. The first kappa shape index (κ1) is 48.0. The van der Waals surface area contributed by atoms with Crippen LogP contribution in [0, 0.1) is 0 Å². The molecule has 0 saturated heterocycles. The summed E-state index contributed by atoms with van der Waals surface area (Å²) < 4.78 is 11.7. The van der Waals surface area contributed by atoms with E-state index in [1.54, 1.807) is 4.90 Å². The Morgan fingerprint density at radius 3 is 1.14 bits per heavy atom. The fourth-order valence-corrected chi connectivity index (χ4v) is 6.10. The van der Waals surface area contributed by atoms with Crippen molar-refractivity contribution < 1.29 is 19.4 Å². The zero-order valence-electron chi connectivity index (χ0n) is 32.8. The van der Waals surface area contributed by atoms with E-state index >= 15 is 0 Å². The number of carbonyl (C=O) groups excluding carboxylic acids is 1. The van der Waals surface area contributed by atoms with Crippen LogP contribution in [0.2, 0.25) is 0 Å². The maximum absolute atomic E-state index is 12.6. The lowest BCUT2D eigenvalue weighted by molar-refractivity contribution is -0.129. The minimum absolute atomic E-state index is 0.232.